The summed E-state index contributed by atoms with van der Waals surface area (Å²) >= 11 is 6.12. The Kier molecular flexibility index (Phi) is 4.21. The van der Waals surface area contributed by atoms with Crippen LogP contribution in [0.3, 0.4) is 0 Å². The fourth-order valence-corrected chi connectivity index (χ4v) is 1.77. The van der Waals surface area contributed by atoms with Crippen molar-refractivity contribution in [3.63, 3.8) is 0 Å². The van der Waals surface area contributed by atoms with Crippen molar-refractivity contribution in [2.45, 2.75) is 6.41 Å². The van der Waals surface area contributed by atoms with Crippen LogP contribution >= 0.6 is 11.6 Å². The number of anilines is 1. The van der Waals surface area contributed by atoms with Crippen LogP contribution in [0.2, 0.25) is 5.02 Å². The lowest BCUT2D eigenvalue weighted by molar-refractivity contribution is -0.0509. The molecule has 1 aromatic heterocycles. The van der Waals surface area contributed by atoms with Crippen LogP contribution in [0, 0.1) is 0 Å². The van der Waals surface area contributed by atoms with Gasteiger partial charge in [-0.3, -0.25) is 4.98 Å². The highest BCUT2D eigenvalue weighted by molar-refractivity contribution is 6.33. The first-order valence-corrected chi connectivity index (χ1v) is 5.90. The van der Waals surface area contributed by atoms with Crippen LogP contribution in [0.25, 0.3) is 11.3 Å². The van der Waals surface area contributed by atoms with E-state index >= 15 is 0 Å². The topological polar surface area (TPSA) is 74.6 Å². The normalized spacial score (nSPS) is 12.2. The number of rotatable bonds is 4. The second-order valence-electron chi connectivity index (χ2n) is 3.83. The number of aromatic hydroxyl groups is 1. The van der Waals surface area contributed by atoms with Crippen molar-refractivity contribution in [1.82, 2.24) is 4.98 Å². The number of methoxy groups -OCH3 is 1. The molecule has 2 aromatic rings. The van der Waals surface area contributed by atoms with E-state index in [1.165, 1.54) is 19.4 Å². The first-order valence-electron chi connectivity index (χ1n) is 5.52. The van der Waals surface area contributed by atoms with Crippen LogP contribution in [0.1, 0.15) is 0 Å². The van der Waals surface area contributed by atoms with E-state index in [0.29, 0.717) is 22.0 Å². The molecule has 0 fully saturated rings. The van der Waals surface area contributed by atoms with E-state index in [1.54, 1.807) is 24.3 Å². The number of hydrogen-bond donors (Lipinski definition) is 3. The highest BCUT2D eigenvalue weighted by Crippen LogP contribution is 2.30. The van der Waals surface area contributed by atoms with Gasteiger partial charge in [0.2, 0.25) is 6.41 Å². The molecule has 0 saturated heterocycles. The number of nitrogens with one attached hydrogen (secondary N) is 1. The van der Waals surface area contributed by atoms with Crippen LogP contribution in [0.4, 0.5) is 5.69 Å². The molecule has 1 unspecified atom stereocenters. The number of benzene rings is 1. The van der Waals surface area contributed by atoms with E-state index in [0.717, 1.165) is 0 Å². The van der Waals surface area contributed by atoms with Gasteiger partial charge in [-0.25, -0.2) is 0 Å². The van der Waals surface area contributed by atoms with Crippen LogP contribution in [-0.4, -0.2) is 28.7 Å². The van der Waals surface area contributed by atoms with Gasteiger partial charge in [-0.15, -0.1) is 0 Å². The van der Waals surface area contributed by atoms with E-state index < -0.39 is 6.41 Å². The highest BCUT2D eigenvalue weighted by atomic mass is 35.5. The molecule has 100 valence electrons. The predicted molar refractivity (Wildman–Crippen MR) is 73.0 cm³/mol. The van der Waals surface area contributed by atoms with Crippen molar-refractivity contribution >= 4 is 17.3 Å². The molecule has 0 aliphatic carbocycles. The molecule has 0 radical (unpaired) electrons. The molecular formula is C13H13ClN2O3. The molecule has 0 amide bonds. The van der Waals surface area contributed by atoms with Gasteiger partial charge in [-0.1, -0.05) is 11.6 Å². The van der Waals surface area contributed by atoms with E-state index in [1.807, 2.05) is 0 Å². The Bertz CT molecular complexity index is 560. The smallest absolute Gasteiger partial charge is 0.235 e. The van der Waals surface area contributed by atoms with E-state index in [-0.39, 0.29) is 5.75 Å². The minimum absolute atomic E-state index is 0.0870. The largest absolute Gasteiger partial charge is 0.506 e. The number of nitrogens with zero attached hydrogens (tertiary/aromatic N) is 1. The molecule has 0 spiro atoms. The molecule has 2 rings (SSSR count). The molecule has 6 heteroatoms. The second-order valence-corrected chi connectivity index (χ2v) is 4.24. The number of aromatic nitrogens is 1. The lowest BCUT2D eigenvalue weighted by Gasteiger charge is -2.13. The van der Waals surface area contributed by atoms with Gasteiger partial charge in [0.05, 0.1) is 16.9 Å². The van der Waals surface area contributed by atoms with Crippen molar-refractivity contribution in [3.05, 3.63) is 41.6 Å². The maximum Gasteiger partial charge on any atom is 0.235 e. The van der Waals surface area contributed by atoms with Crippen molar-refractivity contribution < 1.29 is 14.9 Å². The lowest BCUT2D eigenvalue weighted by Crippen LogP contribution is -2.20. The minimum Gasteiger partial charge on any atom is -0.506 e. The number of ether oxygens (including phenoxy) is 1. The van der Waals surface area contributed by atoms with Gasteiger partial charge in [0.15, 0.2) is 0 Å². The molecule has 0 bridgehead atoms. The summed E-state index contributed by atoms with van der Waals surface area (Å²) in [4.78, 5) is 4.09. The number of aliphatic hydroxyl groups excluding tert-OH is 1. The third-order valence-electron chi connectivity index (χ3n) is 2.50. The van der Waals surface area contributed by atoms with Crippen molar-refractivity contribution in [3.8, 4) is 17.0 Å². The number of aliphatic hydroxyl groups is 1. The van der Waals surface area contributed by atoms with Crippen LogP contribution in [0.15, 0.2) is 36.5 Å². The standard InChI is InChI=1S/C13H13ClN2O3/c1-19-13(18)16-8-2-4-11(14)10(6-8)12-5-3-9(17)7-15-12/h2-7,13,16-18H,1H3. The fraction of sp³-hybridized carbons (Fsp3) is 0.154. The van der Waals surface area contributed by atoms with Gasteiger partial charge in [0.1, 0.15) is 5.75 Å². The molecule has 0 aliphatic heterocycles. The third kappa shape index (κ3) is 3.35. The zero-order chi connectivity index (χ0) is 13.8. The number of hydrogen-bond acceptors (Lipinski definition) is 5. The van der Waals surface area contributed by atoms with Gasteiger partial charge in [0, 0.05) is 18.4 Å². The molecule has 1 heterocycles. The van der Waals surface area contributed by atoms with E-state index in [2.05, 4.69) is 10.3 Å². The lowest BCUT2D eigenvalue weighted by atomic mass is 10.1. The average molecular weight is 281 g/mol. The first kappa shape index (κ1) is 13.6. The molecule has 0 saturated carbocycles. The number of halogens is 1. The molecular weight excluding hydrogens is 268 g/mol. The van der Waals surface area contributed by atoms with Gasteiger partial charge in [-0.2, -0.15) is 0 Å². The van der Waals surface area contributed by atoms with E-state index in [4.69, 9.17) is 16.3 Å². The Morgan fingerprint density at radius 2 is 2.11 bits per heavy atom. The van der Waals surface area contributed by atoms with Crippen molar-refractivity contribution in [2.24, 2.45) is 0 Å². The number of pyridine rings is 1. The van der Waals surface area contributed by atoms with Gasteiger partial charge < -0.3 is 20.3 Å². The Morgan fingerprint density at radius 3 is 2.74 bits per heavy atom. The quantitative estimate of drug-likeness (QED) is 0.750. The predicted octanol–water partition coefficient (Wildman–Crippen LogP) is 2.44. The summed E-state index contributed by atoms with van der Waals surface area (Å²) in [7, 11) is 1.38. The minimum atomic E-state index is -1.10. The van der Waals surface area contributed by atoms with Gasteiger partial charge >= 0.3 is 0 Å². The monoisotopic (exact) mass is 280 g/mol. The summed E-state index contributed by atoms with van der Waals surface area (Å²) in [5, 5.41) is 21.8. The molecule has 5 nitrogen and oxygen atoms in total. The SMILES string of the molecule is COC(O)Nc1ccc(Cl)c(-c2ccc(O)cn2)c1. The fourth-order valence-electron chi connectivity index (χ4n) is 1.56. The summed E-state index contributed by atoms with van der Waals surface area (Å²) in [6.45, 7) is 0. The first-order chi connectivity index (χ1) is 9.10. The summed E-state index contributed by atoms with van der Waals surface area (Å²) in [6.07, 6.45) is 0.247. The Hall–Kier alpha value is -1.82. The third-order valence-corrected chi connectivity index (χ3v) is 2.83. The summed E-state index contributed by atoms with van der Waals surface area (Å²) in [5.41, 5.74) is 1.96. The van der Waals surface area contributed by atoms with E-state index in [9.17, 15) is 10.2 Å². The summed E-state index contributed by atoms with van der Waals surface area (Å²) in [6, 6.07) is 8.34. The molecule has 0 aliphatic rings. The maximum atomic E-state index is 9.36. The van der Waals surface area contributed by atoms with Gasteiger partial charge in [0.25, 0.3) is 0 Å². The molecule has 1 aromatic carbocycles. The Morgan fingerprint density at radius 1 is 1.32 bits per heavy atom. The zero-order valence-electron chi connectivity index (χ0n) is 10.2. The van der Waals surface area contributed by atoms with Crippen molar-refractivity contribution in [2.75, 3.05) is 12.4 Å². The van der Waals surface area contributed by atoms with Crippen LogP contribution in [0.5, 0.6) is 5.75 Å². The second kappa shape index (κ2) is 5.88. The van der Waals surface area contributed by atoms with Crippen LogP contribution < -0.4 is 5.32 Å². The summed E-state index contributed by atoms with van der Waals surface area (Å²) in [5.74, 6) is 0.0870. The Labute approximate surface area is 115 Å². The molecule has 3 N–H and O–H groups in total. The Balaban J connectivity index is 2.34. The average Bonchev–Trinajstić information content (AvgIpc) is 2.42. The van der Waals surface area contributed by atoms with Gasteiger partial charge in [-0.05, 0) is 30.3 Å². The van der Waals surface area contributed by atoms with Crippen molar-refractivity contribution in [1.29, 1.82) is 0 Å². The highest BCUT2D eigenvalue weighted by Gasteiger charge is 2.08. The zero-order valence-corrected chi connectivity index (χ0v) is 10.9. The van der Waals surface area contributed by atoms with Crippen LogP contribution in [-0.2, 0) is 4.74 Å². The molecule has 1 atom stereocenters. The maximum absolute atomic E-state index is 9.36. The molecule has 19 heavy (non-hydrogen) atoms. The summed E-state index contributed by atoms with van der Waals surface area (Å²) < 4.78 is 4.71.